The van der Waals surface area contributed by atoms with Gasteiger partial charge in [0.15, 0.2) is 0 Å². The van der Waals surface area contributed by atoms with E-state index in [2.05, 4.69) is 219 Å². The van der Waals surface area contributed by atoms with Crippen molar-refractivity contribution in [2.24, 2.45) is 4.99 Å². The van der Waals surface area contributed by atoms with E-state index in [0.29, 0.717) is 0 Å². The number of anilines is 2. The van der Waals surface area contributed by atoms with Crippen LogP contribution in [0.25, 0.3) is 45.7 Å². The monoisotopic (exact) mass is 858 g/mol. The highest BCUT2D eigenvalue weighted by atomic mass is 15.3. The highest BCUT2D eigenvalue weighted by Gasteiger charge is 2.30. The van der Waals surface area contributed by atoms with Crippen LogP contribution in [-0.2, 0) is 0 Å². The summed E-state index contributed by atoms with van der Waals surface area (Å²) in [6, 6.07) is 43.1. The summed E-state index contributed by atoms with van der Waals surface area (Å²) < 4.78 is 2.28. The van der Waals surface area contributed by atoms with Gasteiger partial charge in [0.2, 0.25) is 6.29 Å². The van der Waals surface area contributed by atoms with Crippen LogP contribution in [0.15, 0.2) is 223 Å². The molecular weight excluding hydrogens is 801 g/mol. The molecule has 326 valence electrons. The fourth-order valence-electron chi connectivity index (χ4n) is 9.92. The smallest absolute Gasteiger partial charge is 0.201 e. The minimum absolute atomic E-state index is 0.474. The summed E-state index contributed by atoms with van der Waals surface area (Å²) in [5.41, 5.74) is 19.1. The van der Waals surface area contributed by atoms with Gasteiger partial charge in [0.25, 0.3) is 0 Å². The van der Waals surface area contributed by atoms with Gasteiger partial charge in [0, 0.05) is 51.4 Å². The van der Waals surface area contributed by atoms with Gasteiger partial charge >= 0.3 is 0 Å². The van der Waals surface area contributed by atoms with Crippen LogP contribution in [0.5, 0.6) is 0 Å². The predicted molar refractivity (Wildman–Crippen MR) is 286 cm³/mol. The Morgan fingerprint density at radius 1 is 0.773 bits per heavy atom. The molecule has 1 aromatic heterocycles. The molecule has 1 N–H and O–H groups in total. The van der Waals surface area contributed by atoms with Crippen molar-refractivity contribution >= 4 is 51.7 Å². The van der Waals surface area contributed by atoms with Gasteiger partial charge in [0.1, 0.15) is 0 Å². The lowest BCUT2D eigenvalue weighted by molar-refractivity contribution is 0.580. The summed E-state index contributed by atoms with van der Waals surface area (Å²) in [5, 5.41) is 6.18. The van der Waals surface area contributed by atoms with Crippen molar-refractivity contribution in [2.75, 3.05) is 16.8 Å². The Balaban J connectivity index is 1.12. The first-order chi connectivity index (χ1) is 32.4. The Morgan fingerprint density at radius 2 is 1.45 bits per heavy atom. The summed E-state index contributed by atoms with van der Waals surface area (Å²) in [7, 11) is 0. The number of allylic oxidation sites excluding steroid dienone is 13. The third-order valence-corrected chi connectivity index (χ3v) is 13.0. The Kier molecular flexibility index (Phi) is 12.9. The number of para-hydroxylation sites is 2. The maximum Gasteiger partial charge on any atom is 0.201 e. The molecule has 0 fully saturated rings. The van der Waals surface area contributed by atoms with E-state index in [-0.39, 0.29) is 0 Å². The van der Waals surface area contributed by atoms with Crippen LogP contribution in [0.3, 0.4) is 0 Å². The van der Waals surface area contributed by atoms with Crippen molar-refractivity contribution in [1.29, 1.82) is 0 Å². The summed E-state index contributed by atoms with van der Waals surface area (Å²) in [6.45, 7) is 23.0. The molecule has 6 aromatic rings. The Morgan fingerprint density at radius 3 is 2.18 bits per heavy atom. The third-order valence-electron chi connectivity index (χ3n) is 13.0. The topological polar surface area (TPSA) is 32.6 Å². The molecule has 0 amide bonds. The predicted octanol–water partition coefficient (Wildman–Crippen LogP) is 16.3. The normalized spacial score (nSPS) is 16.0. The maximum atomic E-state index is 5.58. The molecule has 4 heteroatoms. The number of hydrogen-bond donors (Lipinski definition) is 1. The van der Waals surface area contributed by atoms with E-state index in [4.69, 9.17) is 4.99 Å². The molecule has 1 aliphatic heterocycles. The van der Waals surface area contributed by atoms with Gasteiger partial charge < -0.3 is 14.8 Å². The van der Waals surface area contributed by atoms with Gasteiger partial charge in [-0.2, -0.15) is 0 Å². The number of hydrogen-bond acceptors (Lipinski definition) is 3. The molecule has 1 atom stereocenters. The van der Waals surface area contributed by atoms with E-state index in [1.165, 1.54) is 50.0 Å². The molecule has 0 unspecified atom stereocenters. The summed E-state index contributed by atoms with van der Waals surface area (Å²) in [4.78, 5) is 8.01. The Bertz CT molecular complexity index is 3080. The van der Waals surface area contributed by atoms with E-state index in [1.807, 2.05) is 18.2 Å². The van der Waals surface area contributed by atoms with E-state index < -0.39 is 6.29 Å². The lowest BCUT2D eigenvalue weighted by Crippen LogP contribution is -2.26. The summed E-state index contributed by atoms with van der Waals surface area (Å²) in [5.74, 6) is 0. The standard InChI is InChI=1S/C62H58N4/c1-7-24-55-57(9-3)66(62-63-56-33-22-20-32-54(56)61(64-62)50-38-37-47-41-46(35-36-48(47)42-50)45-25-14-12-15-26-45)58(10-4)60(55)53-31-19-18-27-49(53)40-44(8-2)39-43(6)52-30-21-23-34-59(52)65(11-5)51-28-16-13-17-29-51/h7-10,12-17,19-22,24-26,28-33,35-39,41-42,62-63H,2-4,6,11,18,23,27,34,40H2,1,5H3/b24-7-,44-39+/t62-/m0/s1. The van der Waals surface area contributed by atoms with Crippen molar-refractivity contribution < 1.29 is 0 Å². The fourth-order valence-corrected chi connectivity index (χ4v) is 9.92. The van der Waals surface area contributed by atoms with Crippen molar-refractivity contribution in [3.05, 3.63) is 252 Å². The van der Waals surface area contributed by atoms with Gasteiger partial charge in [-0.25, -0.2) is 4.99 Å². The average Bonchev–Trinajstić information content (AvgIpc) is 3.69. The van der Waals surface area contributed by atoms with Crippen LogP contribution >= 0.6 is 0 Å². The molecule has 9 rings (SSSR count). The second-order valence-electron chi connectivity index (χ2n) is 17.0. The molecule has 4 nitrogen and oxygen atoms in total. The zero-order valence-electron chi connectivity index (χ0n) is 38.3. The average molecular weight is 859 g/mol. The lowest BCUT2D eigenvalue weighted by Gasteiger charge is -2.30. The molecule has 0 radical (unpaired) electrons. The Labute approximate surface area is 391 Å². The minimum atomic E-state index is -0.474. The quantitative estimate of drug-likeness (QED) is 0.104. The van der Waals surface area contributed by atoms with Gasteiger partial charge in [-0.3, -0.25) is 0 Å². The van der Waals surface area contributed by atoms with Crippen LogP contribution in [-0.4, -0.2) is 16.8 Å². The number of fused-ring (bicyclic) bond motifs is 2. The molecular formula is C62H58N4. The van der Waals surface area contributed by atoms with Crippen LogP contribution in [0.1, 0.15) is 85.9 Å². The van der Waals surface area contributed by atoms with E-state index >= 15 is 0 Å². The molecule has 66 heavy (non-hydrogen) atoms. The van der Waals surface area contributed by atoms with E-state index in [1.54, 1.807) is 0 Å². The first-order valence-electron chi connectivity index (χ1n) is 23.3. The second-order valence-corrected chi connectivity index (χ2v) is 17.0. The fraction of sp³-hybridized carbons (Fsp3) is 0.145. The third kappa shape index (κ3) is 8.51. The summed E-state index contributed by atoms with van der Waals surface area (Å²) in [6.07, 6.45) is 25.8. The van der Waals surface area contributed by atoms with Crippen LogP contribution in [0, 0.1) is 0 Å². The molecule has 0 spiro atoms. The number of aromatic nitrogens is 1. The first-order valence-corrected chi connectivity index (χ1v) is 23.3. The largest absolute Gasteiger partial charge is 0.346 e. The van der Waals surface area contributed by atoms with Crippen LogP contribution in [0.2, 0.25) is 0 Å². The highest BCUT2D eigenvalue weighted by molar-refractivity contribution is 6.18. The second kappa shape index (κ2) is 19.6. The first kappa shape index (κ1) is 43.6. The minimum Gasteiger partial charge on any atom is -0.346 e. The zero-order chi connectivity index (χ0) is 45.6. The molecule has 0 saturated heterocycles. The molecule has 3 aliphatic rings. The van der Waals surface area contributed by atoms with Crippen LogP contribution < -0.4 is 10.2 Å². The number of benzene rings is 5. The maximum absolute atomic E-state index is 5.58. The van der Waals surface area contributed by atoms with Gasteiger partial charge in [0.05, 0.1) is 17.1 Å². The van der Waals surface area contributed by atoms with Crippen molar-refractivity contribution in [1.82, 2.24) is 4.57 Å². The van der Waals surface area contributed by atoms with Gasteiger partial charge in [-0.05, 0) is 127 Å². The van der Waals surface area contributed by atoms with E-state index in [9.17, 15) is 0 Å². The molecule has 0 bridgehead atoms. The lowest BCUT2D eigenvalue weighted by atomic mass is 9.85. The highest BCUT2D eigenvalue weighted by Crippen LogP contribution is 2.43. The number of rotatable bonds is 15. The molecule has 0 saturated carbocycles. The van der Waals surface area contributed by atoms with Gasteiger partial charge in [-0.15, -0.1) is 0 Å². The van der Waals surface area contributed by atoms with Gasteiger partial charge in [-0.1, -0.05) is 171 Å². The zero-order valence-corrected chi connectivity index (χ0v) is 38.3. The van der Waals surface area contributed by atoms with Crippen molar-refractivity contribution in [3.8, 4) is 11.1 Å². The van der Waals surface area contributed by atoms with Crippen LogP contribution in [0.4, 0.5) is 11.4 Å². The number of nitrogens with one attached hydrogen (secondary N) is 1. The van der Waals surface area contributed by atoms with Crippen molar-refractivity contribution in [3.63, 3.8) is 0 Å². The number of nitrogens with zero attached hydrogens (tertiary/aromatic N) is 3. The SMILES string of the molecule is C=C/C(=C\C(=C)C1=C(N(CC)c2ccccc2)CCC=C1)CC1=C(c2c(/C=C\C)c(C=C)n([C@@H]3N=C(c4ccc5cc(-c6ccccc6)ccc5c4)c4ccccc4N3)c2C=C)C=CCC1. The summed E-state index contributed by atoms with van der Waals surface area (Å²) >= 11 is 0. The Hall–Kier alpha value is -7.69. The van der Waals surface area contributed by atoms with E-state index in [0.717, 1.165) is 94.8 Å². The molecule has 5 aromatic carbocycles. The van der Waals surface area contributed by atoms with Crippen molar-refractivity contribution in [2.45, 2.75) is 52.2 Å². The number of aliphatic imine (C=N–C) groups is 1. The molecule has 2 heterocycles. The molecule has 2 aliphatic carbocycles.